The largest absolute Gasteiger partial charge is 0.491 e. The molecule has 1 heterocycles. The normalized spacial score (nSPS) is 12.2. The second kappa shape index (κ2) is 7.99. The van der Waals surface area contributed by atoms with Crippen LogP contribution in [0.15, 0.2) is 34.9 Å². The number of carbonyl (C=O) groups is 1. The van der Waals surface area contributed by atoms with Crippen LogP contribution in [0.3, 0.4) is 0 Å². The van der Waals surface area contributed by atoms with Gasteiger partial charge in [-0.25, -0.2) is 0 Å². The van der Waals surface area contributed by atoms with Crippen molar-refractivity contribution in [2.75, 3.05) is 25.5 Å². The number of likely N-dealkylation sites (N-methyl/N-ethyl adjacent to an activating group) is 1. The summed E-state index contributed by atoms with van der Waals surface area (Å²) in [6.07, 6.45) is 0. The number of benzene rings is 1. The number of hydrogen-bond donors (Lipinski definition) is 1. The third kappa shape index (κ3) is 4.97. The summed E-state index contributed by atoms with van der Waals surface area (Å²) in [6, 6.07) is 8.63. The minimum Gasteiger partial charge on any atom is -0.491 e. The Labute approximate surface area is 140 Å². The molecule has 0 aliphatic heterocycles. The smallest absolute Gasteiger partial charge is 0.242 e. The zero-order chi connectivity index (χ0) is 16.8. The molecule has 23 heavy (non-hydrogen) atoms. The molecule has 0 aliphatic carbocycles. The third-order valence-electron chi connectivity index (χ3n) is 3.46. The highest BCUT2D eigenvalue weighted by atomic mass is 35.5. The second-order valence-electron chi connectivity index (χ2n) is 5.25. The van der Waals surface area contributed by atoms with Crippen LogP contribution in [-0.2, 0) is 4.79 Å². The number of nitrogens with one attached hydrogen (secondary N) is 1. The lowest BCUT2D eigenvalue weighted by molar-refractivity contribution is -0.120. The summed E-state index contributed by atoms with van der Waals surface area (Å²) in [5.74, 6) is 1.55. The molecule has 2 rings (SSSR count). The molecule has 0 aliphatic rings. The fourth-order valence-corrected chi connectivity index (χ4v) is 2.10. The summed E-state index contributed by atoms with van der Waals surface area (Å²) in [4.78, 5) is 14.0. The van der Waals surface area contributed by atoms with Crippen molar-refractivity contribution in [3.63, 3.8) is 0 Å². The third-order valence-corrected chi connectivity index (χ3v) is 3.77. The fraction of sp³-hybridized carbons (Fsp3) is 0.375. The lowest BCUT2D eigenvalue weighted by Gasteiger charge is -2.23. The van der Waals surface area contributed by atoms with Gasteiger partial charge in [0.2, 0.25) is 5.91 Å². The minimum absolute atomic E-state index is 0.154. The van der Waals surface area contributed by atoms with Gasteiger partial charge in [-0.15, -0.1) is 0 Å². The van der Waals surface area contributed by atoms with Crippen LogP contribution in [0.5, 0.6) is 5.75 Å². The van der Waals surface area contributed by atoms with Gasteiger partial charge in [0.25, 0.3) is 0 Å². The van der Waals surface area contributed by atoms with Crippen molar-refractivity contribution in [2.24, 2.45) is 0 Å². The van der Waals surface area contributed by atoms with E-state index >= 15 is 0 Å². The highest BCUT2D eigenvalue weighted by Gasteiger charge is 2.19. The number of aryl methyl sites for hydroxylation is 1. The summed E-state index contributed by atoms with van der Waals surface area (Å²) < 4.78 is 10.5. The number of halogens is 1. The predicted octanol–water partition coefficient (Wildman–Crippen LogP) is 2.97. The number of carbonyl (C=O) groups excluding carboxylic acids is 1. The lowest BCUT2D eigenvalue weighted by atomic mass is 10.2. The van der Waals surface area contributed by atoms with E-state index in [2.05, 4.69) is 10.5 Å². The van der Waals surface area contributed by atoms with Gasteiger partial charge in [0.05, 0.1) is 11.1 Å². The first-order valence-corrected chi connectivity index (χ1v) is 7.67. The van der Waals surface area contributed by atoms with Gasteiger partial charge in [-0.3, -0.25) is 9.69 Å². The Morgan fingerprint density at radius 3 is 2.87 bits per heavy atom. The van der Waals surface area contributed by atoms with E-state index in [1.54, 1.807) is 19.1 Å². The van der Waals surface area contributed by atoms with E-state index in [0.717, 1.165) is 0 Å². The average Bonchev–Trinajstić information content (AvgIpc) is 2.93. The van der Waals surface area contributed by atoms with E-state index in [0.29, 0.717) is 35.5 Å². The van der Waals surface area contributed by atoms with Crippen LogP contribution in [-0.4, -0.2) is 42.2 Å². The summed E-state index contributed by atoms with van der Waals surface area (Å²) in [5, 5.41) is 7.03. The van der Waals surface area contributed by atoms with Gasteiger partial charge in [0.15, 0.2) is 5.82 Å². The quantitative estimate of drug-likeness (QED) is 0.841. The molecule has 0 spiro atoms. The lowest BCUT2D eigenvalue weighted by Crippen LogP contribution is -2.41. The summed E-state index contributed by atoms with van der Waals surface area (Å²) in [5.41, 5.74) is 0. The van der Waals surface area contributed by atoms with Crippen molar-refractivity contribution in [1.82, 2.24) is 10.1 Å². The molecule has 0 radical (unpaired) electrons. The van der Waals surface area contributed by atoms with Crippen LogP contribution >= 0.6 is 11.6 Å². The van der Waals surface area contributed by atoms with Gasteiger partial charge in [-0.2, -0.15) is 0 Å². The highest BCUT2D eigenvalue weighted by molar-refractivity contribution is 6.32. The standard InChI is InChI=1S/C16H20ClN3O3/c1-11-10-15(19-23-11)18-16(21)12(2)20(3)8-9-22-14-7-5-4-6-13(14)17/h4-7,10,12H,8-9H2,1-3H3,(H,18,19,21)/t12-/m1/s1. The number of ether oxygens (including phenoxy) is 1. The first kappa shape index (κ1) is 17.3. The maximum absolute atomic E-state index is 12.2. The first-order chi connectivity index (χ1) is 11.0. The van der Waals surface area contributed by atoms with Crippen molar-refractivity contribution in [3.05, 3.63) is 41.1 Å². The fourth-order valence-electron chi connectivity index (χ4n) is 1.91. The Balaban J connectivity index is 1.79. The predicted molar refractivity (Wildman–Crippen MR) is 88.9 cm³/mol. The summed E-state index contributed by atoms with van der Waals surface area (Å²) >= 11 is 6.03. The molecule has 6 nitrogen and oxygen atoms in total. The van der Waals surface area contributed by atoms with Gasteiger partial charge in [-0.1, -0.05) is 28.9 Å². The molecule has 1 atom stereocenters. The van der Waals surface area contributed by atoms with Crippen LogP contribution in [0.1, 0.15) is 12.7 Å². The van der Waals surface area contributed by atoms with E-state index < -0.39 is 0 Å². The second-order valence-corrected chi connectivity index (χ2v) is 5.65. The van der Waals surface area contributed by atoms with Crippen molar-refractivity contribution in [3.8, 4) is 5.75 Å². The van der Waals surface area contributed by atoms with E-state index in [1.165, 1.54) is 0 Å². The molecule has 1 aromatic heterocycles. The molecule has 1 amide bonds. The summed E-state index contributed by atoms with van der Waals surface area (Å²) in [7, 11) is 1.86. The number of anilines is 1. The molecule has 0 bridgehead atoms. The number of nitrogens with zero attached hydrogens (tertiary/aromatic N) is 2. The highest BCUT2D eigenvalue weighted by Crippen LogP contribution is 2.22. The van der Waals surface area contributed by atoms with Crippen LogP contribution in [0.25, 0.3) is 0 Å². The molecule has 0 unspecified atom stereocenters. The van der Waals surface area contributed by atoms with Crippen LogP contribution in [0.2, 0.25) is 5.02 Å². The molecular weight excluding hydrogens is 318 g/mol. The van der Waals surface area contributed by atoms with E-state index in [1.807, 2.05) is 37.1 Å². The van der Waals surface area contributed by atoms with Crippen molar-refractivity contribution in [1.29, 1.82) is 0 Å². The Morgan fingerprint density at radius 1 is 1.48 bits per heavy atom. The van der Waals surface area contributed by atoms with Gasteiger partial charge < -0.3 is 14.6 Å². The molecule has 1 aromatic carbocycles. The van der Waals surface area contributed by atoms with Crippen LogP contribution < -0.4 is 10.1 Å². The Morgan fingerprint density at radius 2 is 2.22 bits per heavy atom. The molecule has 2 aromatic rings. The average molecular weight is 338 g/mol. The maximum Gasteiger partial charge on any atom is 0.242 e. The Kier molecular flexibility index (Phi) is 6.01. The minimum atomic E-state index is -0.332. The van der Waals surface area contributed by atoms with Gasteiger partial charge >= 0.3 is 0 Å². The van der Waals surface area contributed by atoms with E-state index in [-0.39, 0.29) is 11.9 Å². The number of amides is 1. The topological polar surface area (TPSA) is 67.6 Å². The molecule has 0 saturated heterocycles. The van der Waals surface area contributed by atoms with Crippen LogP contribution in [0, 0.1) is 6.92 Å². The molecule has 0 saturated carbocycles. The van der Waals surface area contributed by atoms with E-state index in [9.17, 15) is 4.79 Å². The zero-order valence-corrected chi connectivity index (χ0v) is 14.1. The van der Waals surface area contributed by atoms with Crippen molar-refractivity contribution in [2.45, 2.75) is 19.9 Å². The maximum atomic E-state index is 12.2. The molecule has 1 N–H and O–H groups in total. The zero-order valence-electron chi connectivity index (χ0n) is 13.4. The molecule has 7 heteroatoms. The van der Waals surface area contributed by atoms with Crippen LogP contribution in [0.4, 0.5) is 5.82 Å². The molecular formula is C16H20ClN3O3. The Hall–Kier alpha value is -2.05. The van der Waals surface area contributed by atoms with E-state index in [4.69, 9.17) is 20.9 Å². The number of rotatable bonds is 7. The molecule has 124 valence electrons. The van der Waals surface area contributed by atoms with Gasteiger partial charge in [0, 0.05) is 12.6 Å². The van der Waals surface area contributed by atoms with Gasteiger partial charge in [0.1, 0.15) is 18.1 Å². The number of hydrogen-bond acceptors (Lipinski definition) is 5. The van der Waals surface area contributed by atoms with Gasteiger partial charge in [-0.05, 0) is 33.0 Å². The SMILES string of the molecule is Cc1cc(NC(=O)[C@@H](C)N(C)CCOc2ccccc2Cl)no1. The summed E-state index contributed by atoms with van der Waals surface area (Å²) in [6.45, 7) is 4.60. The monoisotopic (exact) mass is 337 g/mol. The first-order valence-electron chi connectivity index (χ1n) is 7.29. The van der Waals surface area contributed by atoms with Crippen molar-refractivity contribution >= 4 is 23.3 Å². The number of aromatic nitrogens is 1. The van der Waals surface area contributed by atoms with Crippen molar-refractivity contribution < 1.29 is 14.1 Å². The molecule has 0 fully saturated rings. The number of para-hydroxylation sites is 1. The Bertz CT molecular complexity index is 660.